The molecule has 6 heteroatoms. The van der Waals surface area contributed by atoms with E-state index in [9.17, 15) is 13.2 Å². The van der Waals surface area contributed by atoms with E-state index in [1.807, 2.05) is 0 Å². The van der Waals surface area contributed by atoms with E-state index in [0.717, 1.165) is 6.07 Å². The number of hydrogen-bond acceptors (Lipinski definition) is 3. The normalized spacial score (nSPS) is 11.5. The van der Waals surface area contributed by atoms with E-state index in [4.69, 9.17) is 10.6 Å². The van der Waals surface area contributed by atoms with Crippen LogP contribution in [-0.4, -0.2) is 7.11 Å². The highest BCUT2D eigenvalue weighted by molar-refractivity contribution is 5.41. The van der Waals surface area contributed by atoms with Crippen molar-refractivity contribution in [1.29, 1.82) is 0 Å². The summed E-state index contributed by atoms with van der Waals surface area (Å²) in [5.41, 5.74) is -0.901. The van der Waals surface area contributed by atoms with Crippen LogP contribution in [0.2, 0.25) is 0 Å². The number of ether oxygens (including phenoxy) is 1. The van der Waals surface area contributed by atoms with Crippen LogP contribution < -0.4 is 10.6 Å². The Hall–Kier alpha value is -1.27. The van der Waals surface area contributed by atoms with Gasteiger partial charge >= 0.3 is 6.18 Å². The highest BCUT2D eigenvalue weighted by Crippen LogP contribution is 2.36. The highest BCUT2D eigenvalue weighted by atomic mass is 19.4. The Kier molecular flexibility index (Phi) is 3.54. The van der Waals surface area contributed by atoms with Crippen molar-refractivity contribution in [3.05, 3.63) is 29.3 Å². The number of halogens is 3. The molecule has 0 aliphatic heterocycles. The molecule has 1 aromatic carbocycles. The summed E-state index contributed by atoms with van der Waals surface area (Å²) < 4.78 is 42.4. The topological polar surface area (TPSA) is 44.5 Å². The maximum Gasteiger partial charge on any atom is 0.416 e. The molecule has 0 heterocycles. The summed E-state index contributed by atoms with van der Waals surface area (Å²) in [4.78, 5) is 4.23. The van der Waals surface area contributed by atoms with Gasteiger partial charge in [-0.25, -0.2) is 5.90 Å². The number of hydrogen-bond donors (Lipinski definition) is 1. The van der Waals surface area contributed by atoms with Crippen LogP contribution in [-0.2, 0) is 17.6 Å². The predicted octanol–water partition coefficient (Wildman–Crippen LogP) is 2.10. The van der Waals surface area contributed by atoms with Gasteiger partial charge < -0.3 is 4.74 Å². The quantitative estimate of drug-likeness (QED) is 0.795. The molecule has 3 nitrogen and oxygen atoms in total. The summed E-state index contributed by atoms with van der Waals surface area (Å²) in [6, 6.07) is 3.64. The number of methoxy groups -OCH3 is 1. The van der Waals surface area contributed by atoms with Gasteiger partial charge in [0.25, 0.3) is 0 Å². The Balaban J connectivity index is 3.25. The molecule has 2 N–H and O–H groups in total. The first kappa shape index (κ1) is 11.8. The van der Waals surface area contributed by atoms with Gasteiger partial charge in [0.15, 0.2) is 0 Å². The molecule has 0 amide bonds. The van der Waals surface area contributed by atoms with Crippen molar-refractivity contribution in [3.63, 3.8) is 0 Å². The van der Waals surface area contributed by atoms with Crippen LogP contribution in [0.1, 0.15) is 11.1 Å². The SMILES string of the molecule is COc1cccc(C(F)(F)F)c1CON. The fourth-order valence-electron chi connectivity index (χ4n) is 1.25. The van der Waals surface area contributed by atoms with Crippen LogP contribution in [0.25, 0.3) is 0 Å². The molecular formula is C9H10F3NO2. The van der Waals surface area contributed by atoms with Gasteiger partial charge in [-0.1, -0.05) is 6.07 Å². The molecule has 0 fully saturated rings. The standard InChI is InChI=1S/C9H10F3NO2/c1-14-8-4-2-3-7(9(10,11)12)6(8)5-15-13/h2-4H,5,13H2,1H3. The summed E-state index contributed by atoms with van der Waals surface area (Å²) in [6.07, 6.45) is -4.44. The van der Waals surface area contributed by atoms with E-state index in [1.54, 1.807) is 0 Å². The van der Waals surface area contributed by atoms with Crippen LogP contribution in [0.5, 0.6) is 5.75 Å². The highest BCUT2D eigenvalue weighted by Gasteiger charge is 2.34. The van der Waals surface area contributed by atoms with Gasteiger partial charge in [-0.15, -0.1) is 0 Å². The molecule has 0 aliphatic carbocycles. The molecule has 1 aromatic rings. The molecule has 0 radical (unpaired) electrons. The fraction of sp³-hybridized carbons (Fsp3) is 0.333. The van der Waals surface area contributed by atoms with Crippen molar-refractivity contribution in [2.45, 2.75) is 12.8 Å². The second-order valence-electron chi connectivity index (χ2n) is 2.80. The average Bonchev–Trinajstić information content (AvgIpc) is 2.17. The second-order valence-corrected chi connectivity index (χ2v) is 2.80. The van der Waals surface area contributed by atoms with Gasteiger partial charge in [0.1, 0.15) is 5.75 Å². The van der Waals surface area contributed by atoms with Crippen LogP contribution in [0, 0.1) is 0 Å². The van der Waals surface area contributed by atoms with Crippen LogP contribution >= 0.6 is 0 Å². The predicted molar refractivity (Wildman–Crippen MR) is 47.0 cm³/mol. The molecule has 0 spiro atoms. The second kappa shape index (κ2) is 4.50. The van der Waals surface area contributed by atoms with Gasteiger partial charge in [0.05, 0.1) is 19.3 Å². The minimum absolute atomic E-state index is 0.102. The lowest BCUT2D eigenvalue weighted by molar-refractivity contribution is -0.139. The van der Waals surface area contributed by atoms with E-state index in [0.29, 0.717) is 0 Å². The molecule has 0 saturated heterocycles. The van der Waals surface area contributed by atoms with E-state index in [-0.39, 0.29) is 17.9 Å². The monoisotopic (exact) mass is 221 g/mol. The molecule has 0 bridgehead atoms. The van der Waals surface area contributed by atoms with Gasteiger partial charge in [-0.3, -0.25) is 4.84 Å². The smallest absolute Gasteiger partial charge is 0.416 e. The summed E-state index contributed by atoms with van der Waals surface area (Å²) in [7, 11) is 1.29. The summed E-state index contributed by atoms with van der Waals surface area (Å²) in [5.74, 6) is 4.88. The summed E-state index contributed by atoms with van der Waals surface area (Å²) in [6.45, 7) is -0.348. The maximum atomic E-state index is 12.5. The van der Waals surface area contributed by atoms with Crippen molar-refractivity contribution in [2.75, 3.05) is 7.11 Å². The van der Waals surface area contributed by atoms with E-state index in [1.165, 1.54) is 19.2 Å². The largest absolute Gasteiger partial charge is 0.496 e. The van der Waals surface area contributed by atoms with Gasteiger partial charge in [0, 0.05) is 5.56 Å². The zero-order chi connectivity index (χ0) is 11.5. The Labute approximate surface area is 84.5 Å². The lowest BCUT2D eigenvalue weighted by Gasteiger charge is -2.14. The van der Waals surface area contributed by atoms with Crippen molar-refractivity contribution in [1.82, 2.24) is 0 Å². The molecule has 0 aromatic heterocycles. The van der Waals surface area contributed by atoms with E-state index >= 15 is 0 Å². The van der Waals surface area contributed by atoms with E-state index < -0.39 is 11.7 Å². The van der Waals surface area contributed by atoms with Gasteiger partial charge in [0.2, 0.25) is 0 Å². The lowest BCUT2D eigenvalue weighted by Crippen LogP contribution is -2.12. The summed E-state index contributed by atoms with van der Waals surface area (Å²) in [5, 5.41) is 0. The van der Waals surface area contributed by atoms with Crippen LogP contribution in [0.15, 0.2) is 18.2 Å². The summed E-state index contributed by atoms with van der Waals surface area (Å²) >= 11 is 0. The first-order valence-corrected chi connectivity index (χ1v) is 4.05. The first-order chi connectivity index (χ1) is 7.00. The van der Waals surface area contributed by atoms with Gasteiger partial charge in [-0.05, 0) is 12.1 Å². The average molecular weight is 221 g/mol. The first-order valence-electron chi connectivity index (χ1n) is 4.05. The molecule has 0 aliphatic rings. The zero-order valence-corrected chi connectivity index (χ0v) is 7.97. The number of nitrogens with two attached hydrogens (primary N) is 1. The zero-order valence-electron chi connectivity index (χ0n) is 7.97. The van der Waals surface area contributed by atoms with Crippen LogP contribution in [0.4, 0.5) is 13.2 Å². The molecule has 15 heavy (non-hydrogen) atoms. The Morgan fingerprint density at radius 2 is 2.00 bits per heavy atom. The van der Waals surface area contributed by atoms with Crippen molar-refractivity contribution in [2.24, 2.45) is 5.90 Å². The number of rotatable bonds is 3. The Morgan fingerprint density at radius 3 is 2.47 bits per heavy atom. The number of benzene rings is 1. The maximum absolute atomic E-state index is 12.5. The molecule has 0 atom stereocenters. The minimum atomic E-state index is -4.44. The van der Waals surface area contributed by atoms with Crippen molar-refractivity contribution in [3.8, 4) is 5.75 Å². The molecular weight excluding hydrogens is 211 g/mol. The van der Waals surface area contributed by atoms with Crippen LogP contribution in [0.3, 0.4) is 0 Å². The third kappa shape index (κ3) is 2.60. The van der Waals surface area contributed by atoms with E-state index in [2.05, 4.69) is 4.84 Å². The third-order valence-corrected chi connectivity index (χ3v) is 1.89. The number of alkyl halides is 3. The minimum Gasteiger partial charge on any atom is -0.496 e. The molecule has 0 saturated carbocycles. The van der Waals surface area contributed by atoms with Crippen molar-refractivity contribution >= 4 is 0 Å². The molecule has 1 rings (SSSR count). The lowest BCUT2D eigenvalue weighted by atomic mass is 10.1. The third-order valence-electron chi connectivity index (χ3n) is 1.89. The Morgan fingerprint density at radius 1 is 1.33 bits per heavy atom. The molecule has 84 valence electrons. The van der Waals surface area contributed by atoms with Crippen molar-refractivity contribution < 1.29 is 22.7 Å². The Bertz CT molecular complexity index is 339. The fourth-order valence-corrected chi connectivity index (χ4v) is 1.25. The molecule has 0 unspecified atom stereocenters. The van der Waals surface area contributed by atoms with Gasteiger partial charge in [-0.2, -0.15) is 13.2 Å².